The number of rotatable bonds is 68. The second-order valence-electron chi connectivity index (χ2n) is 24.9. The molecule has 0 radical (unpaired) electrons. The van der Waals surface area contributed by atoms with E-state index in [4.69, 9.17) is 14.2 Å². The fourth-order valence-corrected chi connectivity index (χ4v) is 11.1. The third kappa shape index (κ3) is 68.3. The number of unbranched alkanes of at least 4 members (excludes halogenated alkanes) is 51. The summed E-state index contributed by atoms with van der Waals surface area (Å²) in [6, 6.07) is 0. The molecule has 0 aromatic rings. The fraction of sp³-hybridized carbons (Fsp3) is 0.880. The monoisotopic (exact) mass is 1140 g/mol. The first kappa shape index (κ1) is 78.6. The normalized spacial score (nSPS) is 12.2. The number of allylic oxidation sites excluding steroid dienone is 6. The predicted octanol–water partition coefficient (Wildman–Crippen LogP) is 25.1. The van der Waals surface area contributed by atoms with Gasteiger partial charge in [0.15, 0.2) is 6.10 Å². The molecule has 81 heavy (non-hydrogen) atoms. The molecule has 0 aliphatic heterocycles. The van der Waals surface area contributed by atoms with Crippen molar-refractivity contribution in [1.82, 2.24) is 0 Å². The summed E-state index contributed by atoms with van der Waals surface area (Å²) in [6.45, 7) is 6.68. The van der Waals surface area contributed by atoms with Crippen molar-refractivity contribution in [3.05, 3.63) is 36.5 Å². The van der Waals surface area contributed by atoms with Crippen molar-refractivity contribution in [2.24, 2.45) is 0 Å². The number of hydrogen-bond acceptors (Lipinski definition) is 6. The molecule has 0 amide bonds. The van der Waals surface area contributed by atoms with Gasteiger partial charge in [-0.25, -0.2) is 0 Å². The third-order valence-electron chi connectivity index (χ3n) is 16.6. The van der Waals surface area contributed by atoms with E-state index in [2.05, 4.69) is 57.2 Å². The van der Waals surface area contributed by atoms with Gasteiger partial charge in [-0.1, -0.05) is 346 Å². The second-order valence-corrected chi connectivity index (χ2v) is 24.9. The molecule has 0 fully saturated rings. The first-order valence-corrected chi connectivity index (χ1v) is 36.5. The minimum atomic E-state index is -0.777. The summed E-state index contributed by atoms with van der Waals surface area (Å²) in [6.07, 6.45) is 87.7. The zero-order valence-electron chi connectivity index (χ0n) is 54.8. The van der Waals surface area contributed by atoms with Gasteiger partial charge in [-0.15, -0.1) is 0 Å². The lowest BCUT2D eigenvalue weighted by molar-refractivity contribution is -0.167. The largest absolute Gasteiger partial charge is 0.462 e. The number of carbonyl (C=O) groups excluding carboxylic acids is 3. The molecule has 0 heterocycles. The Balaban J connectivity index is 4.11. The van der Waals surface area contributed by atoms with Crippen molar-refractivity contribution < 1.29 is 28.6 Å². The van der Waals surface area contributed by atoms with Crippen LogP contribution < -0.4 is 0 Å². The lowest BCUT2D eigenvalue weighted by Crippen LogP contribution is -2.30. The topological polar surface area (TPSA) is 78.9 Å². The molecule has 0 aliphatic carbocycles. The number of carbonyl (C=O) groups is 3. The minimum Gasteiger partial charge on any atom is -0.462 e. The lowest BCUT2D eigenvalue weighted by Gasteiger charge is -2.18. The Labute approximate surface area is 506 Å². The van der Waals surface area contributed by atoms with Crippen LogP contribution in [0.5, 0.6) is 0 Å². The maximum absolute atomic E-state index is 12.9. The molecular weight excluding hydrogens is 997 g/mol. The molecular formula is C75H140O6. The molecule has 0 rings (SSSR count). The van der Waals surface area contributed by atoms with Gasteiger partial charge < -0.3 is 14.2 Å². The minimum absolute atomic E-state index is 0.0721. The Hall–Kier alpha value is -2.37. The van der Waals surface area contributed by atoms with Crippen molar-refractivity contribution in [2.75, 3.05) is 13.2 Å². The average molecular weight is 1140 g/mol. The molecule has 6 nitrogen and oxygen atoms in total. The van der Waals surface area contributed by atoms with Crippen molar-refractivity contribution in [3.8, 4) is 0 Å². The van der Waals surface area contributed by atoms with Crippen LogP contribution in [0.2, 0.25) is 0 Å². The van der Waals surface area contributed by atoms with Crippen LogP contribution in [0.25, 0.3) is 0 Å². The van der Waals surface area contributed by atoms with Gasteiger partial charge in [-0.2, -0.15) is 0 Å². The van der Waals surface area contributed by atoms with Crippen LogP contribution in [0.15, 0.2) is 36.5 Å². The maximum atomic E-state index is 12.9. The Morgan fingerprint density at radius 2 is 0.444 bits per heavy atom. The zero-order valence-corrected chi connectivity index (χ0v) is 54.8. The third-order valence-corrected chi connectivity index (χ3v) is 16.6. The molecule has 0 saturated carbocycles. The summed E-state index contributed by atoms with van der Waals surface area (Å²) < 4.78 is 17.0. The van der Waals surface area contributed by atoms with Crippen molar-refractivity contribution in [3.63, 3.8) is 0 Å². The number of esters is 3. The highest BCUT2D eigenvalue weighted by Gasteiger charge is 2.19. The van der Waals surface area contributed by atoms with Gasteiger partial charge in [0.05, 0.1) is 0 Å². The summed E-state index contributed by atoms with van der Waals surface area (Å²) in [7, 11) is 0. The first-order valence-electron chi connectivity index (χ1n) is 36.5. The number of hydrogen-bond donors (Lipinski definition) is 0. The molecule has 0 N–H and O–H groups in total. The van der Waals surface area contributed by atoms with E-state index in [1.807, 2.05) is 0 Å². The molecule has 0 aliphatic rings. The lowest BCUT2D eigenvalue weighted by atomic mass is 10.0. The van der Waals surface area contributed by atoms with Crippen LogP contribution in [-0.4, -0.2) is 37.2 Å². The molecule has 0 bridgehead atoms. The molecule has 476 valence electrons. The molecule has 1 atom stereocenters. The van der Waals surface area contributed by atoms with Gasteiger partial charge in [0.25, 0.3) is 0 Å². The smallest absolute Gasteiger partial charge is 0.306 e. The average Bonchev–Trinajstić information content (AvgIpc) is 3.47. The van der Waals surface area contributed by atoms with Crippen LogP contribution in [0.1, 0.15) is 406 Å². The number of ether oxygens (including phenoxy) is 3. The Bertz CT molecular complexity index is 1350. The van der Waals surface area contributed by atoms with Gasteiger partial charge >= 0.3 is 17.9 Å². The van der Waals surface area contributed by atoms with Gasteiger partial charge in [0, 0.05) is 19.3 Å². The van der Waals surface area contributed by atoms with Crippen LogP contribution in [0, 0.1) is 0 Å². The summed E-state index contributed by atoms with van der Waals surface area (Å²) in [5.41, 5.74) is 0. The van der Waals surface area contributed by atoms with E-state index in [1.165, 1.54) is 289 Å². The van der Waals surface area contributed by atoms with E-state index >= 15 is 0 Å². The molecule has 0 spiro atoms. The fourth-order valence-electron chi connectivity index (χ4n) is 11.1. The van der Waals surface area contributed by atoms with Crippen LogP contribution >= 0.6 is 0 Å². The predicted molar refractivity (Wildman–Crippen MR) is 353 cm³/mol. The van der Waals surface area contributed by atoms with E-state index < -0.39 is 6.10 Å². The van der Waals surface area contributed by atoms with Crippen LogP contribution in [0.3, 0.4) is 0 Å². The van der Waals surface area contributed by atoms with E-state index in [-0.39, 0.29) is 31.1 Å². The quantitative estimate of drug-likeness (QED) is 0.0261. The molecule has 0 aromatic heterocycles. The standard InChI is InChI=1S/C75H140O6/c1-4-7-10-13-16-19-22-25-28-30-31-32-33-34-35-36-37-38-39-40-41-42-43-44-45-46-48-50-53-56-59-62-65-68-74(77)80-71-72(70-79-73(76)67-64-61-58-55-52-49-27-24-21-18-15-12-9-6-3)81-75(78)69-66-63-60-57-54-51-47-29-26-23-20-17-14-11-8-5-2/h20,23,29-31,47,72H,4-19,21-22,24-28,32-46,48-71H2,1-3H3/b23-20-,31-30-,47-29-. The highest BCUT2D eigenvalue weighted by Crippen LogP contribution is 2.19. The first-order chi connectivity index (χ1) is 40.0. The summed E-state index contributed by atoms with van der Waals surface area (Å²) >= 11 is 0. The van der Waals surface area contributed by atoms with Crippen molar-refractivity contribution in [1.29, 1.82) is 0 Å². The molecule has 0 aromatic carbocycles. The molecule has 0 saturated heterocycles. The van der Waals surface area contributed by atoms with Gasteiger partial charge in [0.1, 0.15) is 13.2 Å². The van der Waals surface area contributed by atoms with E-state index in [0.29, 0.717) is 19.3 Å². The second kappa shape index (κ2) is 70.1. The SMILES string of the molecule is CCCCCC/C=C\C/C=C\CCCCCCCC(=O)OC(COC(=O)CCCCCCCCCCCCCCCC)COC(=O)CCCCCCCCCCCCCCCCCCCCCCC/C=C\CCCCCCCCCC. The Kier molecular flexibility index (Phi) is 68.1. The summed E-state index contributed by atoms with van der Waals surface area (Å²) in [5.74, 6) is -0.857. The van der Waals surface area contributed by atoms with E-state index in [1.54, 1.807) is 0 Å². The van der Waals surface area contributed by atoms with Gasteiger partial charge in [-0.05, 0) is 77.0 Å². The highest BCUT2D eigenvalue weighted by molar-refractivity contribution is 5.71. The maximum Gasteiger partial charge on any atom is 0.306 e. The molecule has 6 heteroatoms. The summed E-state index contributed by atoms with van der Waals surface area (Å²) in [5, 5.41) is 0. The van der Waals surface area contributed by atoms with Crippen LogP contribution in [0.4, 0.5) is 0 Å². The van der Waals surface area contributed by atoms with Gasteiger partial charge in [-0.3, -0.25) is 14.4 Å². The summed E-state index contributed by atoms with van der Waals surface area (Å²) in [4.78, 5) is 38.4. The van der Waals surface area contributed by atoms with Crippen molar-refractivity contribution >= 4 is 17.9 Å². The highest BCUT2D eigenvalue weighted by atomic mass is 16.6. The van der Waals surface area contributed by atoms with Crippen LogP contribution in [-0.2, 0) is 28.6 Å². The van der Waals surface area contributed by atoms with Gasteiger partial charge in [0.2, 0.25) is 0 Å². The van der Waals surface area contributed by atoms with E-state index in [0.717, 1.165) is 77.0 Å². The van der Waals surface area contributed by atoms with E-state index in [9.17, 15) is 14.4 Å². The Morgan fingerprint density at radius 1 is 0.247 bits per heavy atom. The van der Waals surface area contributed by atoms with Crippen molar-refractivity contribution in [2.45, 2.75) is 412 Å². The zero-order chi connectivity index (χ0) is 58.5. The Morgan fingerprint density at radius 3 is 0.704 bits per heavy atom. The molecule has 1 unspecified atom stereocenters.